The summed E-state index contributed by atoms with van der Waals surface area (Å²) in [6.07, 6.45) is 0. The van der Waals surface area contributed by atoms with Gasteiger partial charge >= 0.3 is 0 Å². The van der Waals surface area contributed by atoms with Crippen LogP contribution < -0.4 is 5.32 Å². The number of rotatable bonds is 4. The van der Waals surface area contributed by atoms with Crippen LogP contribution in [0.5, 0.6) is 0 Å². The van der Waals surface area contributed by atoms with Crippen molar-refractivity contribution in [1.29, 1.82) is 0 Å². The maximum atomic E-state index is 3.60. The van der Waals surface area contributed by atoms with E-state index in [0.29, 0.717) is 12.1 Å². The first-order chi connectivity index (χ1) is 7.27. The molecule has 0 aromatic carbocycles. The molecule has 1 N–H and O–H groups in total. The molecule has 2 unspecified atom stereocenters. The van der Waals surface area contributed by atoms with Crippen molar-refractivity contribution >= 4 is 22.7 Å². The van der Waals surface area contributed by atoms with Crippen LogP contribution in [0.1, 0.15) is 36.4 Å². The highest BCUT2D eigenvalue weighted by Crippen LogP contribution is 2.23. The van der Waals surface area contributed by atoms with E-state index in [-0.39, 0.29) is 0 Å². The molecule has 0 bridgehead atoms. The third-order valence-electron chi connectivity index (χ3n) is 2.51. The SMILES string of the molecule is CC(NC(C)c1cccs1)c1ccsc1. The summed E-state index contributed by atoms with van der Waals surface area (Å²) in [6.45, 7) is 4.43. The largest absolute Gasteiger partial charge is 0.303 e. The maximum absolute atomic E-state index is 3.60. The van der Waals surface area contributed by atoms with Crippen LogP contribution >= 0.6 is 22.7 Å². The van der Waals surface area contributed by atoms with Gasteiger partial charge in [-0.05, 0) is 47.7 Å². The molecule has 15 heavy (non-hydrogen) atoms. The Hall–Kier alpha value is -0.640. The summed E-state index contributed by atoms with van der Waals surface area (Å²) in [4.78, 5) is 1.40. The topological polar surface area (TPSA) is 12.0 Å². The average Bonchev–Trinajstić information content (AvgIpc) is 2.91. The van der Waals surface area contributed by atoms with Crippen molar-refractivity contribution in [2.24, 2.45) is 0 Å². The monoisotopic (exact) mass is 237 g/mol. The molecule has 0 aliphatic heterocycles. The van der Waals surface area contributed by atoms with Crippen LogP contribution in [0.4, 0.5) is 0 Å². The minimum absolute atomic E-state index is 0.424. The standard InChI is InChI=1S/C12H15NS2/c1-9(11-5-7-14-8-11)13-10(2)12-4-3-6-15-12/h3-10,13H,1-2H3. The number of nitrogens with one attached hydrogen (secondary N) is 1. The van der Waals surface area contributed by atoms with Gasteiger partial charge in [0.15, 0.2) is 0 Å². The predicted octanol–water partition coefficient (Wildman–Crippen LogP) is 4.22. The lowest BCUT2D eigenvalue weighted by molar-refractivity contribution is 0.501. The van der Waals surface area contributed by atoms with Gasteiger partial charge in [0.2, 0.25) is 0 Å². The van der Waals surface area contributed by atoms with E-state index in [1.54, 1.807) is 11.3 Å². The van der Waals surface area contributed by atoms with Crippen LogP contribution in [0.3, 0.4) is 0 Å². The van der Waals surface area contributed by atoms with Gasteiger partial charge in [-0.25, -0.2) is 0 Å². The lowest BCUT2D eigenvalue weighted by Gasteiger charge is -2.18. The van der Waals surface area contributed by atoms with Crippen molar-refractivity contribution in [2.45, 2.75) is 25.9 Å². The van der Waals surface area contributed by atoms with Crippen LogP contribution in [0.2, 0.25) is 0 Å². The Morgan fingerprint density at radius 1 is 1.13 bits per heavy atom. The number of hydrogen-bond acceptors (Lipinski definition) is 3. The minimum Gasteiger partial charge on any atom is -0.303 e. The van der Waals surface area contributed by atoms with Crippen LogP contribution in [0.25, 0.3) is 0 Å². The van der Waals surface area contributed by atoms with Crippen LogP contribution in [-0.4, -0.2) is 0 Å². The molecule has 2 rings (SSSR count). The number of thiophene rings is 2. The van der Waals surface area contributed by atoms with Crippen molar-refractivity contribution in [3.8, 4) is 0 Å². The Balaban J connectivity index is 1.98. The van der Waals surface area contributed by atoms with Crippen molar-refractivity contribution in [3.05, 3.63) is 44.8 Å². The highest BCUT2D eigenvalue weighted by molar-refractivity contribution is 7.10. The third kappa shape index (κ3) is 2.68. The van der Waals surface area contributed by atoms with Crippen LogP contribution in [-0.2, 0) is 0 Å². The first-order valence-corrected chi connectivity index (χ1v) is 6.91. The maximum Gasteiger partial charge on any atom is 0.0391 e. The summed E-state index contributed by atoms with van der Waals surface area (Å²) in [7, 11) is 0. The average molecular weight is 237 g/mol. The van der Waals surface area contributed by atoms with E-state index in [9.17, 15) is 0 Å². The smallest absolute Gasteiger partial charge is 0.0391 e. The molecule has 2 aromatic heterocycles. The van der Waals surface area contributed by atoms with Gasteiger partial charge in [0.1, 0.15) is 0 Å². The second kappa shape index (κ2) is 4.92. The molecule has 2 heterocycles. The van der Waals surface area contributed by atoms with E-state index in [2.05, 4.69) is 53.5 Å². The van der Waals surface area contributed by atoms with E-state index in [0.717, 1.165) is 0 Å². The van der Waals surface area contributed by atoms with E-state index in [1.165, 1.54) is 10.4 Å². The molecule has 0 fully saturated rings. The molecule has 0 amide bonds. The second-order valence-electron chi connectivity index (χ2n) is 3.68. The minimum atomic E-state index is 0.424. The second-order valence-corrected chi connectivity index (χ2v) is 5.44. The molecular formula is C12H15NS2. The molecule has 0 radical (unpaired) electrons. The summed E-state index contributed by atoms with van der Waals surface area (Å²) in [6, 6.07) is 7.33. The van der Waals surface area contributed by atoms with Gasteiger partial charge in [-0.2, -0.15) is 11.3 Å². The van der Waals surface area contributed by atoms with Gasteiger partial charge < -0.3 is 5.32 Å². The highest BCUT2D eigenvalue weighted by Gasteiger charge is 2.11. The van der Waals surface area contributed by atoms with Crippen molar-refractivity contribution in [1.82, 2.24) is 5.32 Å². The van der Waals surface area contributed by atoms with Gasteiger partial charge in [-0.15, -0.1) is 11.3 Å². The van der Waals surface area contributed by atoms with Crippen molar-refractivity contribution < 1.29 is 0 Å². The summed E-state index contributed by atoms with van der Waals surface area (Å²) < 4.78 is 0. The Labute approximate surface area is 98.8 Å². The molecule has 0 aliphatic rings. The Kier molecular flexibility index (Phi) is 3.57. The molecule has 0 aliphatic carbocycles. The Morgan fingerprint density at radius 2 is 2.00 bits per heavy atom. The fourth-order valence-electron chi connectivity index (χ4n) is 1.61. The highest BCUT2D eigenvalue weighted by atomic mass is 32.1. The van der Waals surface area contributed by atoms with Crippen LogP contribution in [0, 0.1) is 0 Å². The van der Waals surface area contributed by atoms with Gasteiger partial charge in [0.25, 0.3) is 0 Å². The molecule has 0 saturated heterocycles. The lowest BCUT2D eigenvalue weighted by atomic mass is 10.1. The summed E-state index contributed by atoms with van der Waals surface area (Å²) >= 11 is 3.57. The zero-order valence-electron chi connectivity index (χ0n) is 8.94. The quantitative estimate of drug-likeness (QED) is 0.839. The molecule has 80 valence electrons. The molecule has 0 spiro atoms. The first-order valence-electron chi connectivity index (χ1n) is 5.09. The van der Waals surface area contributed by atoms with E-state index >= 15 is 0 Å². The van der Waals surface area contributed by atoms with E-state index in [4.69, 9.17) is 0 Å². The number of hydrogen-bond donors (Lipinski definition) is 1. The molecule has 1 nitrogen and oxygen atoms in total. The van der Waals surface area contributed by atoms with Crippen molar-refractivity contribution in [3.63, 3.8) is 0 Å². The Bertz CT molecular complexity index is 339. The summed E-state index contributed by atoms with van der Waals surface area (Å²) in [5.41, 5.74) is 1.38. The molecule has 2 atom stereocenters. The third-order valence-corrected chi connectivity index (χ3v) is 4.27. The van der Waals surface area contributed by atoms with Gasteiger partial charge in [0.05, 0.1) is 0 Å². The van der Waals surface area contributed by atoms with E-state index in [1.807, 2.05) is 11.3 Å². The Morgan fingerprint density at radius 3 is 2.60 bits per heavy atom. The van der Waals surface area contributed by atoms with Crippen molar-refractivity contribution in [2.75, 3.05) is 0 Å². The van der Waals surface area contributed by atoms with Crippen LogP contribution in [0.15, 0.2) is 34.3 Å². The fourth-order valence-corrected chi connectivity index (χ4v) is 3.11. The normalized spacial score (nSPS) is 15.1. The predicted molar refractivity (Wildman–Crippen MR) is 68.6 cm³/mol. The zero-order chi connectivity index (χ0) is 10.7. The van der Waals surface area contributed by atoms with E-state index < -0.39 is 0 Å². The van der Waals surface area contributed by atoms with Gasteiger partial charge in [0, 0.05) is 17.0 Å². The van der Waals surface area contributed by atoms with Gasteiger partial charge in [-0.1, -0.05) is 6.07 Å². The molecule has 2 aromatic rings. The zero-order valence-corrected chi connectivity index (χ0v) is 10.6. The lowest BCUT2D eigenvalue weighted by Crippen LogP contribution is -2.21. The first kappa shape index (κ1) is 10.9. The summed E-state index contributed by atoms with van der Waals surface area (Å²) in [5.74, 6) is 0. The van der Waals surface area contributed by atoms with Gasteiger partial charge in [-0.3, -0.25) is 0 Å². The summed E-state index contributed by atoms with van der Waals surface area (Å²) in [5, 5.41) is 10.1. The molecule has 3 heteroatoms. The molecule has 0 saturated carbocycles. The molecular weight excluding hydrogens is 222 g/mol. The fraction of sp³-hybridized carbons (Fsp3) is 0.333.